The molecule has 0 unspecified atom stereocenters. The number of aromatic amines is 4. The highest BCUT2D eigenvalue weighted by atomic mass is 14.8. The number of hydrogen-bond donors (Lipinski definition) is 4. The summed E-state index contributed by atoms with van der Waals surface area (Å²) in [5.41, 5.74) is 40.9. The molecule has 0 fully saturated rings. The van der Waals surface area contributed by atoms with E-state index in [2.05, 4.69) is 476 Å². The van der Waals surface area contributed by atoms with E-state index in [1.165, 1.54) is 66.8 Å². The van der Waals surface area contributed by atoms with Gasteiger partial charge in [-0.1, -0.05) is 358 Å². The van der Waals surface area contributed by atoms with E-state index < -0.39 is 0 Å². The van der Waals surface area contributed by atoms with E-state index in [4.69, 9.17) is 19.9 Å². The van der Waals surface area contributed by atoms with Crippen LogP contribution >= 0.6 is 0 Å². The molecule has 4 aliphatic rings. The summed E-state index contributed by atoms with van der Waals surface area (Å²) in [6.07, 6.45) is 18.2. The van der Waals surface area contributed by atoms with Gasteiger partial charge in [0.15, 0.2) is 0 Å². The Morgan fingerprint density at radius 3 is 0.341 bits per heavy atom. The zero-order valence-corrected chi connectivity index (χ0v) is 86.4. The molecule has 16 rings (SSSR count). The van der Waals surface area contributed by atoms with Gasteiger partial charge in [-0.05, 0) is 262 Å². The normalized spacial score (nSPS) is 13.9. The Hall–Kier alpha value is -11.5. The van der Waals surface area contributed by atoms with Gasteiger partial charge in [-0.2, -0.15) is 0 Å². The molecule has 0 spiro atoms. The first-order valence-electron chi connectivity index (χ1n) is 48.2. The number of aromatic nitrogens is 8. The Labute approximate surface area is 789 Å². The first-order chi connectivity index (χ1) is 60.9. The van der Waals surface area contributed by atoms with Gasteiger partial charge in [-0.25, -0.2) is 19.9 Å². The average molecular weight is 1750 g/mol. The number of nitrogens with one attached hydrogen (secondary N) is 4. The lowest BCUT2D eigenvalue weighted by Crippen LogP contribution is -2.16. The number of hydrogen-bond acceptors (Lipinski definition) is 4. The summed E-state index contributed by atoms with van der Waals surface area (Å²) >= 11 is 0. The third kappa shape index (κ3) is 18.6. The van der Waals surface area contributed by atoms with Crippen LogP contribution in [0, 0.1) is 0 Å². The zero-order chi connectivity index (χ0) is 95.9. The van der Waals surface area contributed by atoms with Crippen LogP contribution in [0.25, 0.3) is 171 Å². The monoisotopic (exact) mass is 1750 g/mol. The number of nitrogens with zero attached hydrogens (tertiary/aromatic N) is 4. The van der Waals surface area contributed by atoms with Crippen LogP contribution in [0.1, 0.15) is 362 Å². The molecule has 6 aromatic carbocycles. The summed E-state index contributed by atoms with van der Waals surface area (Å²) in [7, 11) is 0. The number of rotatable bonds is 7. The molecule has 0 radical (unpaired) electrons. The minimum atomic E-state index is -0.207. The largest absolute Gasteiger partial charge is 0.354 e. The molecule has 8 heteroatoms. The molecule has 16 bridgehead atoms. The molecular formula is C124H146N8. The molecule has 0 saturated heterocycles. The second-order valence-corrected chi connectivity index (χ2v) is 50.8. The van der Waals surface area contributed by atoms with Gasteiger partial charge in [-0.15, -0.1) is 0 Å². The van der Waals surface area contributed by atoms with Crippen molar-refractivity contribution in [1.82, 2.24) is 39.9 Å². The highest BCUT2D eigenvalue weighted by Crippen LogP contribution is 2.50. The van der Waals surface area contributed by atoms with Gasteiger partial charge >= 0.3 is 0 Å². The fourth-order valence-corrected chi connectivity index (χ4v) is 18.6. The third-order valence-corrected chi connectivity index (χ3v) is 27.5. The van der Waals surface area contributed by atoms with Crippen LogP contribution in [-0.2, 0) is 65.0 Å². The number of fused-ring (bicyclic) bond motifs is 16. The highest BCUT2D eigenvalue weighted by molar-refractivity contribution is 6.07. The molecule has 4 aliphatic heterocycles. The first-order valence-corrected chi connectivity index (χ1v) is 48.2. The van der Waals surface area contributed by atoms with Crippen LogP contribution in [0.15, 0.2) is 158 Å². The lowest BCUT2D eigenvalue weighted by Gasteiger charge is -2.26. The van der Waals surface area contributed by atoms with E-state index >= 15 is 0 Å². The van der Waals surface area contributed by atoms with Crippen molar-refractivity contribution in [3.63, 3.8) is 0 Å². The van der Waals surface area contributed by atoms with E-state index in [1.807, 2.05) is 0 Å². The van der Waals surface area contributed by atoms with Crippen molar-refractivity contribution in [3.8, 4) is 77.9 Å². The highest BCUT2D eigenvalue weighted by Gasteiger charge is 2.34. The molecular weight excluding hydrogens is 1600 g/mol. The summed E-state index contributed by atoms with van der Waals surface area (Å²) in [6, 6.07) is 62.1. The van der Waals surface area contributed by atoms with Crippen molar-refractivity contribution in [2.45, 2.75) is 314 Å². The SMILES string of the molecule is CC(C)(C)c1cc(-c2c3nc(c(-c4cc(C(C)(C)C)cc(C(C)(C)C)c4)c4ccc([nH]4)c(-c4c5nc(c(-c6cc(C(C)(C)C)cc(C(C)(C)C)c6)c6ccc([nH]6)c(-c6cc(C(C)(C)C)cc(C(C)(C)C)c6)c6nc(c(-c7cc(C(C)(C)C)cc(C(C)(C)C)c7)c7ccc4[nH]7)C=C6)C=C5)c4nc(c(-c5cc(C(C)(C)C)cc(C(C)(C)C)c5)c5ccc2[nH]5)C=C4)C=C3)cc(C(C)(C)C)c1. The summed E-state index contributed by atoms with van der Waals surface area (Å²) in [5.74, 6) is 0. The van der Waals surface area contributed by atoms with Gasteiger partial charge in [0.2, 0.25) is 0 Å². The Balaban J connectivity index is 1.16. The summed E-state index contributed by atoms with van der Waals surface area (Å²) in [6.45, 7) is 84.0. The first kappa shape index (κ1) is 93.7. The topological polar surface area (TPSA) is 115 Å². The summed E-state index contributed by atoms with van der Waals surface area (Å²) in [5, 5.41) is 0. The predicted molar refractivity (Wildman–Crippen MR) is 574 cm³/mol. The molecule has 12 aromatic rings. The number of benzene rings is 6. The lowest BCUT2D eigenvalue weighted by molar-refractivity contribution is 0.568. The molecule has 8 nitrogen and oxygen atoms in total. The van der Waals surface area contributed by atoms with Crippen molar-refractivity contribution < 1.29 is 0 Å². The van der Waals surface area contributed by atoms with E-state index in [1.54, 1.807) is 0 Å². The molecule has 10 heterocycles. The molecule has 6 aromatic heterocycles. The maximum absolute atomic E-state index is 6.27. The molecule has 0 aliphatic carbocycles. The molecule has 132 heavy (non-hydrogen) atoms. The van der Waals surface area contributed by atoms with Gasteiger partial charge in [0.25, 0.3) is 0 Å². The average Bonchev–Trinajstić information content (AvgIpc) is 1.59. The lowest BCUT2D eigenvalue weighted by atomic mass is 9.78. The standard InChI is InChI=1S/C124H146N8/c1-113(2,3)77-53-71(54-78(65-77)114(4,5)6)105-89-37-41-93(125-89)107(73-57-81(117(13,14)15)67-82(58-73)118(16,17)18)97-45-49-101(129-97)111(102-50-46-98(130-102)108(94-42-38-90(105)126-94)74-59-83(119(19,20)21)68-84(60-74)120(22,23)24)112-103-51-47-99(131-103)109(75-61-85(121(25,26)27)69-86(62-75)122(28,29)30)95-43-39-91(127-95)106(72-55-79(115(7,8)9)66-80(56-72)116(10,11)12)92-40-44-96(128-92)110(100-48-52-104(112)132-100)76-63-87(123(31,32)33)70-88(64-76)124(34,35)36/h37-70,125,127,130,132H,1-36H3. The smallest absolute Gasteiger partial charge is 0.0738 e. The van der Waals surface area contributed by atoms with Crippen LogP contribution < -0.4 is 0 Å². The molecule has 0 atom stereocenters. The Kier molecular flexibility index (Phi) is 22.8. The summed E-state index contributed by atoms with van der Waals surface area (Å²) in [4.78, 5) is 41.9. The van der Waals surface area contributed by atoms with Crippen LogP contribution in [0.2, 0.25) is 0 Å². The molecule has 682 valence electrons. The van der Waals surface area contributed by atoms with E-state index in [-0.39, 0.29) is 65.0 Å². The Morgan fingerprint density at radius 2 is 0.235 bits per heavy atom. The fourth-order valence-electron chi connectivity index (χ4n) is 18.6. The van der Waals surface area contributed by atoms with Gasteiger partial charge < -0.3 is 19.9 Å². The van der Waals surface area contributed by atoms with Crippen LogP contribution in [0.3, 0.4) is 0 Å². The van der Waals surface area contributed by atoms with Gasteiger partial charge in [0.1, 0.15) is 0 Å². The van der Waals surface area contributed by atoms with E-state index in [0.29, 0.717) is 0 Å². The second kappa shape index (κ2) is 32.1. The van der Waals surface area contributed by atoms with Crippen LogP contribution in [0.5, 0.6) is 0 Å². The van der Waals surface area contributed by atoms with Gasteiger partial charge in [0.05, 0.1) is 45.6 Å². The van der Waals surface area contributed by atoms with E-state index in [9.17, 15) is 0 Å². The van der Waals surface area contributed by atoms with Gasteiger partial charge in [0, 0.05) is 88.6 Å². The zero-order valence-electron chi connectivity index (χ0n) is 86.4. The van der Waals surface area contributed by atoms with Crippen molar-refractivity contribution in [2.75, 3.05) is 0 Å². The van der Waals surface area contributed by atoms with Crippen molar-refractivity contribution in [2.24, 2.45) is 0 Å². The van der Waals surface area contributed by atoms with Crippen LogP contribution in [0.4, 0.5) is 0 Å². The summed E-state index contributed by atoms with van der Waals surface area (Å²) < 4.78 is 0. The minimum Gasteiger partial charge on any atom is -0.354 e. The predicted octanol–water partition coefficient (Wildman–Crippen LogP) is 34.9. The number of H-pyrrole nitrogens is 4. The Bertz CT molecular complexity index is 6430. The minimum absolute atomic E-state index is 0.169. The van der Waals surface area contributed by atoms with Gasteiger partial charge in [-0.3, -0.25) is 0 Å². The maximum atomic E-state index is 6.27. The Morgan fingerprint density at radius 1 is 0.136 bits per heavy atom. The third-order valence-electron chi connectivity index (χ3n) is 27.5. The van der Waals surface area contributed by atoms with Crippen molar-refractivity contribution in [1.29, 1.82) is 0 Å². The van der Waals surface area contributed by atoms with Crippen molar-refractivity contribution in [3.05, 3.63) is 270 Å². The molecule has 0 saturated carbocycles. The maximum Gasteiger partial charge on any atom is 0.0738 e. The van der Waals surface area contributed by atoms with Crippen LogP contribution in [-0.4, -0.2) is 39.9 Å². The van der Waals surface area contributed by atoms with Crippen molar-refractivity contribution >= 4 is 92.7 Å². The fraction of sp³-hybridized carbons (Fsp3) is 0.387. The van der Waals surface area contributed by atoms with E-state index in [0.717, 1.165) is 168 Å². The second-order valence-electron chi connectivity index (χ2n) is 50.8. The molecule has 0 amide bonds. The quantitative estimate of drug-likeness (QED) is 0.127. The molecule has 4 N–H and O–H groups in total.